The molecule has 1 heterocycles. The van der Waals surface area contributed by atoms with Crippen LogP contribution in [0.15, 0.2) is 53.8 Å². The summed E-state index contributed by atoms with van der Waals surface area (Å²) in [6.07, 6.45) is 0.279. The third kappa shape index (κ3) is 4.43. The highest BCUT2D eigenvalue weighted by molar-refractivity contribution is 6.16. The standard InChI is InChI=1S/C27H34N2O3/c1-7-28(8-2)21-13-11-20(12-14-21)25-24(23(30)15-17(3)4)26(31)27(32)29(25)22-16-18(5)9-10-19(22)6/h9-14,16-17,25,31H,7-8,15H2,1-6H3. The van der Waals surface area contributed by atoms with E-state index in [1.54, 1.807) is 4.90 Å². The fraction of sp³-hybridized carbons (Fsp3) is 0.407. The minimum Gasteiger partial charge on any atom is -0.503 e. The van der Waals surface area contributed by atoms with Gasteiger partial charge in [-0.3, -0.25) is 14.5 Å². The molecule has 1 N–H and O–H groups in total. The van der Waals surface area contributed by atoms with Crippen molar-refractivity contribution in [1.29, 1.82) is 0 Å². The highest BCUT2D eigenvalue weighted by Gasteiger charge is 2.44. The highest BCUT2D eigenvalue weighted by Crippen LogP contribution is 2.43. The number of Topliss-reactive ketones (excluding diaryl/α,β-unsaturated/α-hetero) is 1. The number of rotatable bonds is 8. The number of amides is 1. The lowest BCUT2D eigenvalue weighted by Gasteiger charge is -2.29. The molecule has 3 rings (SSSR count). The van der Waals surface area contributed by atoms with Crippen molar-refractivity contribution in [1.82, 2.24) is 0 Å². The molecular formula is C27H34N2O3. The Morgan fingerprint density at radius 1 is 1.06 bits per heavy atom. The number of hydrogen-bond acceptors (Lipinski definition) is 4. The maximum atomic E-state index is 13.3. The number of aliphatic hydroxyl groups is 1. The summed E-state index contributed by atoms with van der Waals surface area (Å²) < 4.78 is 0. The van der Waals surface area contributed by atoms with Crippen molar-refractivity contribution in [3.63, 3.8) is 0 Å². The van der Waals surface area contributed by atoms with Crippen LogP contribution in [0.5, 0.6) is 0 Å². The van der Waals surface area contributed by atoms with Crippen LogP contribution < -0.4 is 9.80 Å². The van der Waals surface area contributed by atoms with Crippen molar-refractivity contribution in [3.05, 3.63) is 70.5 Å². The fourth-order valence-corrected chi connectivity index (χ4v) is 4.37. The average Bonchev–Trinajstić information content (AvgIpc) is 3.01. The molecule has 0 bridgehead atoms. The van der Waals surface area contributed by atoms with Crippen LogP contribution in [-0.4, -0.2) is 29.9 Å². The number of hydrogen-bond donors (Lipinski definition) is 1. The van der Waals surface area contributed by atoms with E-state index in [4.69, 9.17) is 0 Å². The van der Waals surface area contributed by atoms with Crippen LogP contribution in [0.1, 0.15) is 56.8 Å². The molecular weight excluding hydrogens is 400 g/mol. The summed E-state index contributed by atoms with van der Waals surface area (Å²) in [5, 5.41) is 10.8. The molecule has 0 spiro atoms. The topological polar surface area (TPSA) is 60.9 Å². The molecule has 0 aliphatic carbocycles. The second-order valence-corrected chi connectivity index (χ2v) is 8.91. The molecule has 1 unspecified atom stereocenters. The van der Waals surface area contributed by atoms with Crippen molar-refractivity contribution in [2.24, 2.45) is 5.92 Å². The number of nitrogens with zero attached hydrogens (tertiary/aromatic N) is 2. The normalized spacial score (nSPS) is 16.3. The first kappa shape index (κ1) is 23.6. The van der Waals surface area contributed by atoms with E-state index in [0.29, 0.717) is 5.69 Å². The average molecular weight is 435 g/mol. The number of carbonyl (C=O) groups excluding carboxylic acids is 2. The summed E-state index contributed by atoms with van der Waals surface area (Å²) in [6.45, 7) is 13.8. The molecule has 5 nitrogen and oxygen atoms in total. The molecule has 1 amide bonds. The van der Waals surface area contributed by atoms with Gasteiger partial charge in [0.25, 0.3) is 5.91 Å². The first-order valence-electron chi connectivity index (χ1n) is 11.4. The van der Waals surface area contributed by atoms with Crippen LogP contribution in [0.4, 0.5) is 11.4 Å². The van der Waals surface area contributed by atoms with Crippen LogP contribution in [0.25, 0.3) is 0 Å². The summed E-state index contributed by atoms with van der Waals surface area (Å²) in [4.78, 5) is 30.3. The third-order valence-corrected chi connectivity index (χ3v) is 6.06. The molecule has 5 heteroatoms. The maximum Gasteiger partial charge on any atom is 0.294 e. The van der Waals surface area contributed by atoms with E-state index in [2.05, 4.69) is 18.7 Å². The van der Waals surface area contributed by atoms with Gasteiger partial charge in [0.2, 0.25) is 0 Å². The Hall–Kier alpha value is -3.08. The molecule has 32 heavy (non-hydrogen) atoms. The number of ketones is 1. The predicted molar refractivity (Wildman–Crippen MR) is 130 cm³/mol. The molecule has 170 valence electrons. The van der Waals surface area contributed by atoms with E-state index < -0.39 is 17.7 Å². The minimum atomic E-state index is -0.653. The van der Waals surface area contributed by atoms with Gasteiger partial charge in [0.05, 0.1) is 11.6 Å². The van der Waals surface area contributed by atoms with E-state index in [9.17, 15) is 14.7 Å². The Bertz CT molecular complexity index is 1030. The van der Waals surface area contributed by atoms with Crippen LogP contribution in [0, 0.1) is 19.8 Å². The summed E-state index contributed by atoms with van der Waals surface area (Å²) in [5.74, 6) is -1.02. The summed E-state index contributed by atoms with van der Waals surface area (Å²) in [6, 6.07) is 13.2. The van der Waals surface area contributed by atoms with Gasteiger partial charge in [-0.05, 0) is 68.5 Å². The SMILES string of the molecule is CCN(CC)c1ccc(C2C(C(=O)CC(C)C)=C(O)C(=O)N2c2cc(C)ccc2C)cc1. The highest BCUT2D eigenvalue weighted by atomic mass is 16.3. The smallest absolute Gasteiger partial charge is 0.294 e. The Morgan fingerprint density at radius 3 is 2.25 bits per heavy atom. The van der Waals surface area contributed by atoms with Crippen LogP contribution in [0.3, 0.4) is 0 Å². The van der Waals surface area contributed by atoms with Gasteiger partial charge in [-0.1, -0.05) is 38.1 Å². The molecule has 1 aliphatic heterocycles. The van der Waals surface area contributed by atoms with Gasteiger partial charge >= 0.3 is 0 Å². The molecule has 0 radical (unpaired) electrons. The monoisotopic (exact) mass is 434 g/mol. The van der Waals surface area contributed by atoms with Crippen molar-refractivity contribution in [2.45, 2.75) is 54.0 Å². The van der Waals surface area contributed by atoms with Crippen molar-refractivity contribution >= 4 is 23.1 Å². The molecule has 0 saturated heterocycles. The van der Waals surface area contributed by atoms with Gasteiger partial charge in [-0.2, -0.15) is 0 Å². The first-order chi connectivity index (χ1) is 15.2. The van der Waals surface area contributed by atoms with Crippen LogP contribution >= 0.6 is 0 Å². The number of aryl methyl sites for hydroxylation is 2. The molecule has 1 aliphatic rings. The van der Waals surface area contributed by atoms with Gasteiger partial charge in [-0.15, -0.1) is 0 Å². The largest absolute Gasteiger partial charge is 0.503 e. The maximum absolute atomic E-state index is 13.3. The number of carbonyl (C=O) groups is 2. The zero-order valence-electron chi connectivity index (χ0n) is 20.0. The predicted octanol–water partition coefficient (Wildman–Crippen LogP) is 5.66. The lowest BCUT2D eigenvalue weighted by atomic mass is 9.91. The van der Waals surface area contributed by atoms with Gasteiger partial charge in [0.15, 0.2) is 11.5 Å². The van der Waals surface area contributed by atoms with Gasteiger partial charge in [0, 0.05) is 30.9 Å². The quantitative estimate of drug-likeness (QED) is 0.582. The Kier molecular flexibility index (Phi) is 7.07. The minimum absolute atomic E-state index is 0.123. The third-order valence-electron chi connectivity index (χ3n) is 6.06. The van der Waals surface area contributed by atoms with Crippen LogP contribution in [-0.2, 0) is 9.59 Å². The van der Waals surface area contributed by atoms with Crippen molar-refractivity contribution in [2.75, 3.05) is 22.9 Å². The fourth-order valence-electron chi connectivity index (χ4n) is 4.37. The second-order valence-electron chi connectivity index (χ2n) is 8.91. The second kappa shape index (κ2) is 9.60. The van der Waals surface area contributed by atoms with Gasteiger partial charge < -0.3 is 10.0 Å². The molecule has 0 aromatic heterocycles. The number of anilines is 2. The summed E-state index contributed by atoms with van der Waals surface area (Å²) in [7, 11) is 0. The Balaban J connectivity index is 2.15. The van der Waals surface area contributed by atoms with Crippen molar-refractivity contribution in [3.8, 4) is 0 Å². The van der Waals surface area contributed by atoms with Crippen molar-refractivity contribution < 1.29 is 14.7 Å². The Labute approximate surface area is 191 Å². The van der Waals surface area contributed by atoms with Crippen LogP contribution in [0.2, 0.25) is 0 Å². The van der Waals surface area contributed by atoms with E-state index in [-0.39, 0.29) is 23.7 Å². The molecule has 1 atom stereocenters. The van der Waals surface area contributed by atoms with Gasteiger partial charge in [-0.25, -0.2) is 0 Å². The molecule has 2 aromatic rings. The molecule has 0 saturated carbocycles. The van der Waals surface area contributed by atoms with E-state index in [1.807, 2.05) is 70.2 Å². The lowest BCUT2D eigenvalue weighted by Crippen LogP contribution is -2.32. The summed E-state index contributed by atoms with van der Waals surface area (Å²) >= 11 is 0. The van der Waals surface area contributed by atoms with Gasteiger partial charge in [0.1, 0.15) is 0 Å². The lowest BCUT2D eigenvalue weighted by molar-refractivity contribution is -0.118. The molecule has 2 aromatic carbocycles. The zero-order valence-corrected chi connectivity index (χ0v) is 20.0. The zero-order chi connectivity index (χ0) is 23.6. The Morgan fingerprint density at radius 2 is 1.69 bits per heavy atom. The molecule has 0 fully saturated rings. The van der Waals surface area contributed by atoms with E-state index in [1.165, 1.54) is 0 Å². The van der Waals surface area contributed by atoms with E-state index >= 15 is 0 Å². The first-order valence-corrected chi connectivity index (χ1v) is 11.4. The number of aliphatic hydroxyl groups excluding tert-OH is 1. The van der Waals surface area contributed by atoms with E-state index in [0.717, 1.165) is 35.5 Å². The number of benzene rings is 2. The summed E-state index contributed by atoms with van der Waals surface area (Å²) in [5.41, 5.74) is 4.73.